The minimum atomic E-state index is 0.0968. The van der Waals surface area contributed by atoms with Crippen LogP contribution in [0.25, 0.3) is 5.69 Å². The maximum absolute atomic E-state index is 13.1. The van der Waals surface area contributed by atoms with E-state index >= 15 is 0 Å². The van der Waals surface area contributed by atoms with Gasteiger partial charge >= 0.3 is 0 Å². The zero-order chi connectivity index (χ0) is 17.3. The molecule has 1 aromatic heterocycles. The lowest BCUT2D eigenvalue weighted by molar-refractivity contribution is 0.630. The smallest absolute Gasteiger partial charge is 0.268 e. The number of hydrogen-bond donors (Lipinski definition) is 0. The number of aryl methyl sites for hydroxylation is 3. The van der Waals surface area contributed by atoms with E-state index < -0.39 is 0 Å². The number of aromatic nitrogens is 2. The Hall–Kier alpha value is -1.20. The van der Waals surface area contributed by atoms with Crippen molar-refractivity contribution in [2.45, 2.75) is 50.6 Å². The monoisotopic (exact) mass is 360 g/mol. The fourth-order valence-electron chi connectivity index (χ4n) is 2.88. The molecule has 0 N–H and O–H groups in total. The summed E-state index contributed by atoms with van der Waals surface area (Å²) in [7, 11) is 0. The van der Waals surface area contributed by atoms with E-state index in [1.807, 2.05) is 4.57 Å². The van der Waals surface area contributed by atoms with E-state index in [0.29, 0.717) is 5.92 Å². The number of nitrogens with zero attached hydrogens (tertiary/aromatic N) is 2. The standard InChI is InChI=1S/C19H24N2OS2/c1-12(2)5-7-24-19-20-16-6-8-23-17(16)18(22)21(19)15-10-13(3)9-14(4)11-15/h9-12H,5-8H2,1-4H3. The van der Waals surface area contributed by atoms with Crippen molar-refractivity contribution in [1.82, 2.24) is 9.55 Å². The maximum Gasteiger partial charge on any atom is 0.272 e. The highest BCUT2D eigenvalue weighted by Gasteiger charge is 2.22. The molecule has 0 bridgehead atoms. The number of hydrogen-bond acceptors (Lipinski definition) is 4. The van der Waals surface area contributed by atoms with Crippen LogP contribution in [0.2, 0.25) is 0 Å². The number of thioether (sulfide) groups is 2. The van der Waals surface area contributed by atoms with Gasteiger partial charge in [0, 0.05) is 17.9 Å². The third kappa shape index (κ3) is 3.72. The summed E-state index contributed by atoms with van der Waals surface area (Å²) in [5.74, 6) is 2.61. The first-order chi connectivity index (χ1) is 11.5. The SMILES string of the molecule is Cc1cc(C)cc(-n2c(SCCC(C)C)nc3c(c2=O)SCC3)c1. The maximum atomic E-state index is 13.1. The van der Waals surface area contributed by atoms with Gasteiger partial charge < -0.3 is 0 Å². The van der Waals surface area contributed by atoms with Gasteiger partial charge in [0.05, 0.1) is 16.3 Å². The van der Waals surface area contributed by atoms with Crippen LogP contribution in [0.5, 0.6) is 0 Å². The van der Waals surface area contributed by atoms with Gasteiger partial charge in [-0.3, -0.25) is 9.36 Å². The molecule has 0 spiro atoms. The normalized spacial score (nSPS) is 13.5. The van der Waals surface area contributed by atoms with Crippen molar-refractivity contribution in [1.29, 1.82) is 0 Å². The summed E-state index contributed by atoms with van der Waals surface area (Å²) < 4.78 is 1.82. The van der Waals surface area contributed by atoms with Crippen molar-refractivity contribution in [2.75, 3.05) is 11.5 Å². The fraction of sp³-hybridized carbons (Fsp3) is 0.474. The predicted molar refractivity (Wildman–Crippen MR) is 104 cm³/mol. The summed E-state index contributed by atoms with van der Waals surface area (Å²) in [4.78, 5) is 18.8. The van der Waals surface area contributed by atoms with E-state index in [1.54, 1.807) is 23.5 Å². The van der Waals surface area contributed by atoms with Gasteiger partial charge in [0.15, 0.2) is 5.16 Å². The lowest BCUT2D eigenvalue weighted by atomic mass is 10.1. The average molecular weight is 361 g/mol. The molecule has 0 saturated carbocycles. The molecule has 1 aromatic carbocycles. The zero-order valence-electron chi connectivity index (χ0n) is 14.8. The van der Waals surface area contributed by atoms with Gasteiger partial charge in [-0.05, 0) is 49.4 Å². The van der Waals surface area contributed by atoms with E-state index in [2.05, 4.69) is 45.9 Å². The lowest BCUT2D eigenvalue weighted by Gasteiger charge is -2.15. The van der Waals surface area contributed by atoms with Crippen molar-refractivity contribution >= 4 is 23.5 Å². The van der Waals surface area contributed by atoms with E-state index in [-0.39, 0.29) is 5.56 Å². The highest BCUT2D eigenvalue weighted by Crippen LogP contribution is 2.30. The molecule has 0 atom stereocenters. The topological polar surface area (TPSA) is 34.9 Å². The van der Waals surface area contributed by atoms with Crippen LogP contribution in [-0.4, -0.2) is 21.1 Å². The molecule has 3 nitrogen and oxygen atoms in total. The molecule has 0 fully saturated rings. The summed E-state index contributed by atoms with van der Waals surface area (Å²) >= 11 is 3.35. The van der Waals surface area contributed by atoms with Crippen molar-refractivity contribution < 1.29 is 0 Å². The van der Waals surface area contributed by atoms with Crippen LogP contribution >= 0.6 is 23.5 Å². The molecule has 0 aliphatic carbocycles. The minimum absolute atomic E-state index is 0.0968. The first kappa shape index (κ1) is 17.6. The van der Waals surface area contributed by atoms with Crippen molar-refractivity contribution in [3.8, 4) is 5.69 Å². The second kappa shape index (κ2) is 7.36. The van der Waals surface area contributed by atoms with Crippen LogP contribution in [0, 0.1) is 19.8 Å². The molecule has 3 rings (SSSR count). The molecule has 2 heterocycles. The van der Waals surface area contributed by atoms with E-state index in [0.717, 1.165) is 45.8 Å². The number of benzene rings is 1. The van der Waals surface area contributed by atoms with Crippen LogP contribution in [0.1, 0.15) is 37.1 Å². The molecule has 0 amide bonds. The third-order valence-electron chi connectivity index (χ3n) is 4.06. The third-order valence-corrected chi connectivity index (χ3v) is 6.14. The van der Waals surface area contributed by atoms with Gasteiger partial charge in [-0.2, -0.15) is 0 Å². The van der Waals surface area contributed by atoms with Crippen LogP contribution in [0.3, 0.4) is 0 Å². The molecule has 0 saturated heterocycles. The van der Waals surface area contributed by atoms with Gasteiger partial charge in [-0.25, -0.2) is 4.98 Å². The Kier molecular flexibility index (Phi) is 5.40. The summed E-state index contributed by atoms with van der Waals surface area (Å²) in [6, 6.07) is 6.29. The zero-order valence-corrected chi connectivity index (χ0v) is 16.4. The van der Waals surface area contributed by atoms with Crippen LogP contribution in [-0.2, 0) is 6.42 Å². The molecule has 0 unspecified atom stereocenters. The number of rotatable bonds is 5. The minimum Gasteiger partial charge on any atom is -0.268 e. The highest BCUT2D eigenvalue weighted by molar-refractivity contribution is 7.99. The van der Waals surface area contributed by atoms with Crippen molar-refractivity contribution in [3.05, 3.63) is 45.4 Å². The van der Waals surface area contributed by atoms with Crippen LogP contribution in [0.15, 0.2) is 33.0 Å². The lowest BCUT2D eigenvalue weighted by Crippen LogP contribution is -2.24. The highest BCUT2D eigenvalue weighted by atomic mass is 32.2. The summed E-state index contributed by atoms with van der Waals surface area (Å²) in [5, 5.41) is 0.840. The molecule has 24 heavy (non-hydrogen) atoms. The van der Waals surface area contributed by atoms with Gasteiger partial charge in [0.25, 0.3) is 5.56 Å². The van der Waals surface area contributed by atoms with E-state index in [9.17, 15) is 4.79 Å². The Morgan fingerprint density at radius 2 is 1.96 bits per heavy atom. The molecule has 1 aliphatic rings. The Balaban J connectivity index is 2.09. The van der Waals surface area contributed by atoms with Gasteiger partial charge in [0.1, 0.15) is 0 Å². The van der Waals surface area contributed by atoms with Crippen LogP contribution in [0.4, 0.5) is 0 Å². The van der Waals surface area contributed by atoms with Gasteiger partial charge in [0.2, 0.25) is 0 Å². The summed E-state index contributed by atoms with van der Waals surface area (Å²) in [6.45, 7) is 8.60. The van der Waals surface area contributed by atoms with E-state index in [1.165, 1.54) is 11.1 Å². The molecule has 1 aliphatic heterocycles. The number of fused-ring (bicyclic) bond motifs is 1. The van der Waals surface area contributed by atoms with Crippen molar-refractivity contribution in [3.63, 3.8) is 0 Å². The molecular formula is C19H24N2OS2. The second-order valence-corrected chi connectivity index (χ2v) is 8.95. The van der Waals surface area contributed by atoms with Gasteiger partial charge in [-0.1, -0.05) is 31.7 Å². The molecule has 5 heteroatoms. The fourth-order valence-corrected chi connectivity index (χ4v) is 5.18. The molecule has 128 valence electrons. The second-order valence-electron chi connectivity index (χ2n) is 6.79. The Morgan fingerprint density at radius 1 is 1.25 bits per heavy atom. The van der Waals surface area contributed by atoms with E-state index in [4.69, 9.17) is 4.98 Å². The predicted octanol–water partition coefficient (Wildman–Crippen LogP) is 4.64. The Bertz CT molecular complexity index is 791. The first-order valence-corrected chi connectivity index (χ1v) is 10.4. The van der Waals surface area contributed by atoms with Gasteiger partial charge in [-0.15, -0.1) is 11.8 Å². The summed E-state index contributed by atoms with van der Waals surface area (Å²) in [6.07, 6.45) is 2.03. The Labute approximate surface area is 152 Å². The summed E-state index contributed by atoms with van der Waals surface area (Å²) in [5.41, 5.74) is 4.36. The largest absolute Gasteiger partial charge is 0.272 e. The quantitative estimate of drug-likeness (QED) is 0.575. The average Bonchev–Trinajstić information content (AvgIpc) is 2.94. The molecular weight excluding hydrogens is 336 g/mol. The first-order valence-electron chi connectivity index (χ1n) is 8.46. The van der Waals surface area contributed by atoms with Crippen molar-refractivity contribution in [2.24, 2.45) is 5.92 Å². The molecule has 0 radical (unpaired) electrons. The molecule has 2 aromatic rings. The van der Waals surface area contributed by atoms with Crippen LogP contribution < -0.4 is 5.56 Å². The Morgan fingerprint density at radius 3 is 2.62 bits per heavy atom.